The van der Waals surface area contributed by atoms with E-state index in [4.69, 9.17) is 4.42 Å². The predicted molar refractivity (Wildman–Crippen MR) is 88.5 cm³/mol. The third-order valence-electron chi connectivity index (χ3n) is 4.16. The lowest BCUT2D eigenvalue weighted by molar-refractivity contribution is 0.284. The third-order valence-corrected chi connectivity index (χ3v) is 4.16. The SMILES string of the molecule is CCN(CC)CCC[C@@H](C)n1c(=O)oc2ccccc2c1=O. The normalized spacial score (nSPS) is 12.9. The van der Waals surface area contributed by atoms with Crippen molar-refractivity contribution in [1.29, 1.82) is 0 Å². The maximum atomic E-state index is 12.5. The summed E-state index contributed by atoms with van der Waals surface area (Å²) in [4.78, 5) is 26.9. The lowest BCUT2D eigenvalue weighted by Gasteiger charge is -2.19. The van der Waals surface area contributed by atoms with Crippen LogP contribution in [0, 0.1) is 0 Å². The summed E-state index contributed by atoms with van der Waals surface area (Å²) in [6.45, 7) is 9.18. The average Bonchev–Trinajstić information content (AvgIpc) is 2.51. The van der Waals surface area contributed by atoms with Gasteiger partial charge in [0, 0.05) is 6.04 Å². The first-order chi connectivity index (χ1) is 10.6. The van der Waals surface area contributed by atoms with Crippen molar-refractivity contribution in [3.05, 3.63) is 45.2 Å². The Labute approximate surface area is 130 Å². The highest BCUT2D eigenvalue weighted by Gasteiger charge is 2.15. The van der Waals surface area contributed by atoms with Crippen LogP contribution in [0.1, 0.15) is 39.7 Å². The summed E-state index contributed by atoms with van der Waals surface area (Å²) in [5, 5.41) is 0.456. The Morgan fingerprint density at radius 1 is 1.18 bits per heavy atom. The van der Waals surface area contributed by atoms with E-state index >= 15 is 0 Å². The van der Waals surface area contributed by atoms with E-state index in [0.29, 0.717) is 11.0 Å². The highest BCUT2D eigenvalue weighted by Crippen LogP contribution is 2.12. The van der Waals surface area contributed by atoms with Gasteiger partial charge in [-0.25, -0.2) is 9.36 Å². The number of hydrogen-bond donors (Lipinski definition) is 0. The second-order valence-electron chi connectivity index (χ2n) is 5.56. The zero-order valence-corrected chi connectivity index (χ0v) is 13.5. The van der Waals surface area contributed by atoms with Crippen molar-refractivity contribution in [3.63, 3.8) is 0 Å². The Hall–Kier alpha value is -1.88. The molecule has 120 valence electrons. The van der Waals surface area contributed by atoms with Gasteiger partial charge in [-0.05, 0) is 51.5 Å². The summed E-state index contributed by atoms with van der Waals surface area (Å²) >= 11 is 0. The summed E-state index contributed by atoms with van der Waals surface area (Å²) in [5.41, 5.74) is 0.0891. The van der Waals surface area contributed by atoms with Crippen LogP contribution in [0.2, 0.25) is 0 Å². The number of fused-ring (bicyclic) bond motifs is 1. The molecule has 0 bridgehead atoms. The molecule has 0 unspecified atom stereocenters. The first-order valence-corrected chi connectivity index (χ1v) is 7.95. The molecule has 0 amide bonds. The van der Waals surface area contributed by atoms with Crippen LogP contribution >= 0.6 is 0 Å². The Kier molecular flexibility index (Phi) is 5.55. The zero-order valence-electron chi connectivity index (χ0n) is 13.5. The summed E-state index contributed by atoms with van der Waals surface area (Å²) in [6, 6.07) is 6.71. The molecule has 0 spiro atoms. The molecule has 0 aliphatic rings. The number of nitrogens with zero attached hydrogens (tertiary/aromatic N) is 2. The van der Waals surface area contributed by atoms with Crippen LogP contribution < -0.4 is 11.3 Å². The van der Waals surface area contributed by atoms with Crippen molar-refractivity contribution in [2.75, 3.05) is 19.6 Å². The van der Waals surface area contributed by atoms with Crippen LogP contribution in [0.3, 0.4) is 0 Å². The average molecular weight is 304 g/mol. The molecule has 0 radical (unpaired) electrons. The molecule has 0 aliphatic heterocycles. The number of benzene rings is 1. The van der Waals surface area contributed by atoms with E-state index < -0.39 is 5.76 Å². The van der Waals surface area contributed by atoms with Gasteiger partial charge < -0.3 is 9.32 Å². The van der Waals surface area contributed by atoms with Gasteiger partial charge in [0.15, 0.2) is 0 Å². The smallest absolute Gasteiger partial charge is 0.409 e. The Balaban J connectivity index is 2.20. The molecule has 0 saturated carbocycles. The van der Waals surface area contributed by atoms with Crippen molar-refractivity contribution in [2.24, 2.45) is 0 Å². The number of aromatic nitrogens is 1. The van der Waals surface area contributed by atoms with Gasteiger partial charge in [-0.3, -0.25) is 4.79 Å². The van der Waals surface area contributed by atoms with Crippen molar-refractivity contribution in [1.82, 2.24) is 9.47 Å². The molecule has 22 heavy (non-hydrogen) atoms. The van der Waals surface area contributed by atoms with Crippen molar-refractivity contribution in [2.45, 2.75) is 39.7 Å². The van der Waals surface area contributed by atoms with E-state index in [0.717, 1.165) is 32.5 Å². The van der Waals surface area contributed by atoms with Crippen LogP contribution in [0.5, 0.6) is 0 Å². The fourth-order valence-electron chi connectivity index (χ4n) is 2.75. The van der Waals surface area contributed by atoms with E-state index in [-0.39, 0.29) is 11.6 Å². The van der Waals surface area contributed by atoms with Crippen molar-refractivity contribution in [3.8, 4) is 0 Å². The zero-order chi connectivity index (χ0) is 16.1. The monoisotopic (exact) mass is 304 g/mol. The number of hydrogen-bond acceptors (Lipinski definition) is 4. The van der Waals surface area contributed by atoms with E-state index in [2.05, 4.69) is 18.7 Å². The lowest BCUT2D eigenvalue weighted by Crippen LogP contribution is -2.35. The molecule has 1 heterocycles. The van der Waals surface area contributed by atoms with Crippen LogP contribution in [0.25, 0.3) is 11.0 Å². The second-order valence-corrected chi connectivity index (χ2v) is 5.56. The molecule has 1 atom stereocenters. The van der Waals surface area contributed by atoms with Gasteiger partial charge in [-0.15, -0.1) is 0 Å². The largest absolute Gasteiger partial charge is 0.422 e. The summed E-state index contributed by atoms with van der Waals surface area (Å²) in [5.74, 6) is -0.570. The first kappa shape index (κ1) is 16.5. The summed E-state index contributed by atoms with van der Waals surface area (Å²) < 4.78 is 6.50. The van der Waals surface area contributed by atoms with Gasteiger partial charge in [0.2, 0.25) is 0 Å². The Bertz CT molecular complexity index is 728. The van der Waals surface area contributed by atoms with Gasteiger partial charge in [0.25, 0.3) is 5.56 Å². The minimum atomic E-state index is -0.570. The number of para-hydroxylation sites is 1. The molecule has 5 heteroatoms. The van der Waals surface area contributed by atoms with E-state index in [1.807, 2.05) is 6.92 Å². The third kappa shape index (κ3) is 3.47. The van der Waals surface area contributed by atoms with Crippen molar-refractivity contribution < 1.29 is 4.42 Å². The molecular weight excluding hydrogens is 280 g/mol. The highest BCUT2D eigenvalue weighted by molar-refractivity contribution is 5.74. The van der Waals surface area contributed by atoms with Crippen LogP contribution in [-0.4, -0.2) is 29.1 Å². The molecule has 2 aromatic rings. The molecule has 2 rings (SSSR count). The van der Waals surface area contributed by atoms with Gasteiger partial charge in [-0.1, -0.05) is 26.0 Å². The molecule has 1 aromatic heterocycles. The topological polar surface area (TPSA) is 55.5 Å². The van der Waals surface area contributed by atoms with Gasteiger partial charge in [0.1, 0.15) is 5.58 Å². The second kappa shape index (κ2) is 7.40. The minimum absolute atomic E-state index is 0.163. The van der Waals surface area contributed by atoms with E-state index in [1.54, 1.807) is 24.3 Å². The Morgan fingerprint density at radius 2 is 1.86 bits per heavy atom. The van der Waals surface area contributed by atoms with E-state index in [9.17, 15) is 9.59 Å². The molecule has 0 saturated heterocycles. The predicted octanol–water partition coefficient (Wildman–Crippen LogP) is 2.64. The molecule has 5 nitrogen and oxygen atoms in total. The van der Waals surface area contributed by atoms with Crippen LogP contribution in [0.15, 0.2) is 38.3 Å². The quantitative estimate of drug-likeness (QED) is 0.789. The standard InChI is InChI=1S/C17H24N2O3/c1-4-18(5-2)12-8-9-13(3)19-16(20)14-10-6-7-11-15(14)22-17(19)21/h6-7,10-11,13H,4-5,8-9,12H2,1-3H3/t13-/m1/s1. The minimum Gasteiger partial charge on any atom is -0.409 e. The van der Waals surface area contributed by atoms with Crippen LogP contribution in [-0.2, 0) is 0 Å². The molecule has 0 N–H and O–H groups in total. The summed E-state index contributed by atoms with van der Waals surface area (Å²) in [6.07, 6.45) is 1.72. The first-order valence-electron chi connectivity index (χ1n) is 7.95. The lowest BCUT2D eigenvalue weighted by atomic mass is 10.1. The molecular formula is C17H24N2O3. The van der Waals surface area contributed by atoms with Gasteiger partial charge in [0.05, 0.1) is 5.39 Å². The Morgan fingerprint density at radius 3 is 2.55 bits per heavy atom. The number of rotatable bonds is 7. The molecule has 0 aliphatic carbocycles. The summed E-state index contributed by atoms with van der Waals surface area (Å²) in [7, 11) is 0. The molecule has 1 aromatic carbocycles. The maximum absolute atomic E-state index is 12.5. The maximum Gasteiger partial charge on any atom is 0.422 e. The highest BCUT2D eigenvalue weighted by atomic mass is 16.4. The van der Waals surface area contributed by atoms with Crippen molar-refractivity contribution >= 4 is 11.0 Å². The molecule has 0 fully saturated rings. The van der Waals surface area contributed by atoms with Crippen LogP contribution in [0.4, 0.5) is 0 Å². The van der Waals surface area contributed by atoms with E-state index in [1.165, 1.54) is 4.57 Å². The van der Waals surface area contributed by atoms with Gasteiger partial charge >= 0.3 is 5.76 Å². The fourth-order valence-corrected chi connectivity index (χ4v) is 2.75. The fraction of sp³-hybridized carbons (Fsp3) is 0.529. The van der Waals surface area contributed by atoms with Gasteiger partial charge in [-0.2, -0.15) is 0 Å².